The minimum absolute atomic E-state index is 0.202. The summed E-state index contributed by atoms with van der Waals surface area (Å²) in [6, 6.07) is 15.1. The topological polar surface area (TPSA) is 35.2 Å². The van der Waals surface area contributed by atoms with Crippen LogP contribution in [0.15, 0.2) is 42.5 Å². The number of rotatable bonds is 6. The summed E-state index contributed by atoms with van der Waals surface area (Å²) in [5, 5.41) is 0. The Morgan fingerprint density at radius 3 is 2.14 bits per heavy atom. The van der Waals surface area contributed by atoms with E-state index in [1.807, 2.05) is 12.1 Å². The summed E-state index contributed by atoms with van der Waals surface area (Å²) in [4.78, 5) is 0. The van der Waals surface area contributed by atoms with Crippen molar-refractivity contribution in [1.29, 1.82) is 0 Å². The summed E-state index contributed by atoms with van der Waals surface area (Å²) >= 11 is 0. The summed E-state index contributed by atoms with van der Waals surface area (Å²) in [6.45, 7) is 4.28. The fourth-order valence-corrected chi connectivity index (χ4v) is 2.74. The zero-order valence-electron chi connectivity index (χ0n) is 13.2. The Balaban J connectivity index is 1.87. The maximum atomic E-state index is 6.29. The Labute approximate surface area is 127 Å². The fraction of sp³-hybridized carbons (Fsp3) is 0.368. The molecule has 2 heteroatoms. The SMILES string of the molecule is COc1ccc(CCC(N)Cc2cc(C)cc(C)c2)cc1. The number of hydrogen-bond acceptors (Lipinski definition) is 2. The van der Waals surface area contributed by atoms with E-state index in [0.29, 0.717) is 0 Å². The first-order valence-corrected chi connectivity index (χ1v) is 7.52. The van der Waals surface area contributed by atoms with Gasteiger partial charge in [-0.3, -0.25) is 0 Å². The van der Waals surface area contributed by atoms with E-state index in [1.54, 1.807) is 7.11 Å². The van der Waals surface area contributed by atoms with E-state index < -0.39 is 0 Å². The molecule has 1 atom stereocenters. The van der Waals surface area contributed by atoms with E-state index >= 15 is 0 Å². The third-order valence-corrected chi connectivity index (χ3v) is 3.74. The van der Waals surface area contributed by atoms with Gasteiger partial charge in [-0.15, -0.1) is 0 Å². The van der Waals surface area contributed by atoms with Crippen LogP contribution in [0.4, 0.5) is 0 Å². The second-order valence-corrected chi connectivity index (χ2v) is 5.85. The molecule has 0 fully saturated rings. The van der Waals surface area contributed by atoms with Crippen molar-refractivity contribution in [3.8, 4) is 5.75 Å². The molecule has 0 aliphatic rings. The molecule has 0 saturated carbocycles. The van der Waals surface area contributed by atoms with Crippen LogP contribution in [-0.2, 0) is 12.8 Å². The molecule has 0 saturated heterocycles. The van der Waals surface area contributed by atoms with Crippen LogP contribution in [0.1, 0.15) is 28.7 Å². The molecule has 0 radical (unpaired) electrons. The molecule has 21 heavy (non-hydrogen) atoms. The normalized spacial score (nSPS) is 12.2. The standard InChI is InChI=1S/C19H25NO/c1-14-10-15(2)12-17(11-14)13-18(20)7-4-16-5-8-19(21-3)9-6-16/h5-6,8-12,18H,4,7,13,20H2,1-3H3. The third-order valence-electron chi connectivity index (χ3n) is 3.74. The van der Waals surface area contributed by atoms with Crippen molar-refractivity contribution >= 4 is 0 Å². The van der Waals surface area contributed by atoms with Gasteiger partial charge in [0.05, 0.1) is 7.11 Å². The van der Waals surface area contributed by atoms with Crippen molar-refractivity contribution in [1.82, 2.24) is 0 Å². The Hall–Kier alpha value is -1.80. The average Bonchev–Trinajstić information content (AvgIpc) is 2.44. The minimum atomic E-state index is 0.202. The van der Waals surface area contributed by atoms with Gasteiger partial charge in [0.25, 0.3) is 0 Å². The molecule has 0 aliphatic heterocycles. The lowest BCUT2D eigenvalue weighted by Crippen LogP contribution is -2.23. The first-order chi connectivity index (χ1) is 10.1. The van der Waals surface area contributed by atoms with Crippen molar-refractivity contribution in [2.75, 3.05) is 7.11 Å². The lowest BCUT2D eigenvalue weighted by molar-refractivity contribution is 0.414. The molecular weight excluding hydrogens is 258 g/mol. The molecule has 2 rings (SSSR count). The predicted molar refractivity (Wildman–Crippen MR) is 88.9 cm³/mol. The van der Waals surface area contributed by atoms with Crippen molar-refractivity contribution < 1.29 is 4.74 Å². The molecule has 2 aromatic rings. The fourth-order valence-electron chi connectivity index (χ4n) is 2.74. The number of nitrogens with two attached hydrogens (primary N) is 1. The zero-order chi connectivity index (χ0) is 15.2. The Kier molecular flexibility index (Phi) is 5.40. The highest BCUT2D eigenvalue weighted by Gasteiger charge is 2.06. The second kappa shape index (κ2) is 7.28. The van der Waals surface area contributed by atoms with Crippen LogP contribution < -0.4 is 10.5 Å². The van der Waals surface area contributed by atoms with Crippen LogP contribution in [0.5, 0.6) is 5.75 Å². The monoisotopic (exact) mass is 283 g/mol. The van der Waals surface area contributed by atoms with Crippen molar-refractivity contribution in [3.63, 3.8) is 0 Å². The van der Waals surface area contributed by atoms with E-state index in [2.05, 4.69) is 44.2 Å². The summed E-state index contributed by atoms with van der Waals surface area (Å²) < 4.78 is 5.17. The molecule has 0 bridgehead atoms. The van der Waals surface area contributed by atoms with E-state index in [1.165, 1.54) is 22.3 Å². The van der Waals surface area contributed by atoms with Crippen molar-refractivity contribution in [3.05, 3.63) is 64.7 Å². The van der Waals surface area contributed by atoms with Crippen LogP contribution in [0.25, 0.3) is 0 Å². The van der Waals surface area contributed by atoms with Gasteiger partial charge in [-0.1, -0.05) is 41.5 Å². The van der Waals surface area contributed by atoms with Gasteiger partial charge in [-0.05, 0) is 56.4 Å². The van der Waals surface area contributed by atoms with Crippen LogP contribution >= 0.6 is 0 Å². The quantitative estimate of drug-likeness (QED) is 0.875. The summed E-state index contributed by atoms with van der Waals surface area (Å²) in [7, 11) is 1.69. The number of aryl methyl sites for hydroxylation is 3. The lowest BCUT2D eigenvalue weighted by atomic mass is 9.97. The first-order valence-electron chi connectivity index (χ1n) is 7.52. The van der Waals surface area contributed by atoms with E-state index in [0.717, 1.165) is 25.0 Å². The molecule has 112 valence electrons. The Bertz CT molecular complexity index is 554. The first kappa shape index (κ1) is 15.6. The smallest absolute Gasteiger partial charge is 0.118 e. The second-order valence-electron chi connectivity index (χ2n) is 5.85. The Morgan fingerprint density at radius 2 is 1.57 bits per heavy atom. The number of ether oxygens (including phenoxy) is 1. The largest absolute Gasteiger partial charge is 0.497 e. The van der Waals surface area contributed by atoms with Gasteiger partial charge >= 0.3 is 0 Å². The van der Waals surface area contributed by atoms with Gasteiger partial charge in [0.15, 0.2) is 0 Å². The molecule has 0 aromatic heterocycles. The van der Waals surface area contributed by atoms with Gasteiger partial charge in [0.2, 0.25) is 0 Å². The molecule has 0 aliphatic carbocycles. The highest BCUT2D eigenvalue weighted by molar-refractivity contribution is 5.29. The summed E-state index contributed by atoms with van der Waals surface area (Å²) in [6.07, 6.45) is 2.95. The maximum absolute atomic E-state index is 6.29. The van der Waals surface area contributed by atoms with Crippen molar-refractivity contribution in [2.45, 2.75) is 39.2 Å². The van der Waals surface area contributed by atoms with E-state index in [9.17, 15) is 0 Å². The molecular formula is C19H25NO. The average molecular weight is 283 g/mol. The van der Waals surface area contributed by atoms with Crippen LogP contribution in [0, 0.1) is 13.8 Å². The van der Waals surface area contributed by atoms with E-state index in [4.69, 9.17) is 10.5 Å². The van der Waals surface area contributed by atoms with Gasteiger partial charge in [-0.25, -0.2) is 0 Å². The summed E-state index contributed by atoms with van der Waals surface area (Å²) in [5.41, 5.74) is 11.6. The van der Waals surface area contributed by atoms with Gasteiger partial charge < -0.3 is 10.5 Å². The lowest BCUT2D eigenvalue weighted by Gasteiger charge is -2.13. The molecule has 0 amide bonds. The summed E-state index contributed by atoms with van der Waals surface area (Å²) in [5.74, 6) is 0.901. The highest BCUT2D eigenvalue weighted by Crippen LogP contribution is 2.15. The van der Waals surface area contributed by atoms with Gasteiger partial charge in [-0.2, -0.15) is 0 Å². The number of hydrogen-bond donors (Lipinski definition) is 1. The molecule has 1 unspecified atom stereocenters. The maximum Gasteiger partial charge on any atom is 0.118 e. The number of benzene rings is 2. The third kappa shape index (κ3) is 4.91. The minimum Gasteiger partial charge on any atom is -0.497 e. The van der Waals surface area contributed by atoms with Gasteiger partial charge in [0, 0.05) is 6.04 Å². The van der Waals surface area contributed by atoms with E-state index in [-0.39, 0.29) is 6.04 Å². The molecule has 0 spiro atoms. The number of methoxy groups -OCH3 is 1. The zero-order valence-corrected chi connectivity index (χ0v) is 13.2. The molecule has 2 N–H and O–H groups in total. The predicted octanol–water partition coefficient (Wildman–Crippen LogP) is 3.81. The Morgan fingerprint density at radius 1 is 0.952 bits per heavy atom. The van der Waals surface area contributed by atoms with Crippen LogP contribution in [-0.4, -0.2) is 13.2 Å². The molecule has 0 heterocycles. The molecule has 2 aromatic carbocycles. The van der Waals surface area contributed by atoms with Crippen molar-refractivity contribution in [2.24, 2.45) is 5.73 Å². The van der Waals surface area contributed by atoms with Crippen LogP contribution in [0.2, 0.25) is 0 Å². The molecule has 2 nitrogen and oxygen atoms in total. The van der Waals surface area contributed by atoms with Crippen LogP contribution in [0.3, 0.4) is 0 Å². The van der Waals surface area contributed by atoms with Gasteiger partial charge in [0.1, 0.15) is 5.75 Å². The highest BCUT2D eigenvalue weighted by atomic mass is 16.5.